The highest BCUT2D eigenvalue weighted by Gasteiger charge is 2.20. The van der Waals surface area contributed by atoms with Crippen LogP contribution in [-0.2, 0) is 0 Å². The molecule has 2 aromatic rings. The Bertz CT molecular complexity index is 595. The van der Waals surface area contributed by atoms with Crippen molar-refractivity contribution in [2.75, 3.05) is 5.73 Å². The molecule has 1 heterocycles. The fourth-order valence-corrected chi connectivity index (χ4v) is 1.33. The van der Waals surface area contributed by atoms with Gasteiger partial charge in [0.1, 0.15) is 5.69 Å². The Balaban J connectivity index is 2.58. The molecule has 1 aromatic carbocycles. The lowest BCUT2D eigenvalue weighted by molar-refractivity contribution is 0.0690. The van der Waals surface area contributed by atoms with E-state index in [1.54, 1.807) is 0 Å². The Morgan fingerprint density at radius 2 is 2.06 bits per heavy atom. The second-order valence-electron chi connectivity index (χ2n) is 3.21. The molecule has 0 aliphatic carbocycles. The van der Waals surface area contributed by atoms with Gasteiger partial charge >= 0.3 is 5.97 Å². The molecule has 3 N–H and O–H groups in total. The molecule has 0 atom stereocenters. The third-order valence-electron chi connectivity index (χ3n) is 2.12. The van der Waals surface area contributed by atoms with E-state index in [9.17, 15) is 13.6 Å². The van der Waals surface area contributed by atoms with Gasteiger partial charge in [-0.25, -0.2) is 13.6 Å². The maximum Gasteiger partial charge on any atom is 0.338 e. The van der Waals surface area contributed by atoms with E-state index in [4.69, 9.17) is 10.8 Å². The van der Waals surface area contributed by atoms with E-state index < -0.39 is 23.2 Å². The SMILES string of the molecule is Nc1cc(-c2ccc(C(=O)O)c(F)c2F)no1. The topological polar surface area (TPSA) is 89.4 Å². The van der Waals surface area contributed by atoms with Gasteiger partial charge in [-0.1, -0.05) is 5.16 Å². The summed E-state index contributed by atoms with van der Waals surface area (Å²) in [6.07, 6.45) is 0. The van der Waals surface area contributed by atoms with E-state index in [-0.39, 0.29) is 17.1 Å². The predicted molar refractivity (Wildman–Crippen MR) is 53.2 cm³/mol. The van der Waals surface area contributed by atoms with Crippen LogP contribution in [-0.4, -0.2) is 16.2 Å². The number of aromatic nitrogens is 1. The highest BCUT2D eigenvalue weighted by Crippen LogP contribution is 2.26. The molecule has 17 heavy (non-hydrogen) atoms. The van der Waals surface area contributed by atoms with E-state index in [0.717, 1.165) is 12.1 Å². The summed E-state index contributed by atoms with van der Waals surface area (Å²) in [5.74, 6) is -4.36. The zero-order chi connectivity index (χ0) is 12.6. The molecule has 0 unspecified atom stereocenters. The number of hydrogen-bond acceptors (Lipinski definition) is 4. The summed E-state index contributed by atoms with van der Waals surface area (Å²) in [5.41, 5.74) is 4.28. The molecular weight excluding hydrogens is 234 g/mol. The Labute approximate surface area is 93.4 Å². The maximum absolute atomic E-state index is 13.6. The van der Waals surface area contributed by atoms with Crippen LogP contribution in [0.25, 0.3) is 11.3 Å². The third-order valence-corrected chi connectivity index (χ3v) is 2.12. The van der Waals surface area contributed by atoms with Gasteiger partial charge in [0.2, 0.25) is 5.88 Å². The zero-order valence-electron chi connectivity index (χ0n) is 8.28. The van der Waals surface area contributed by atoms with Gasteiger partial charge in [0.05, 0.1) is 5.56 Å². The van der Waals surface area contributed by atoms with Crippen molar-refractivity contribution in [3.63, 3.8) is 0 Å². The zero-order valence-corrected chi connectivity index (χ0v) is 8.28. The molecule has 5 nitrogen and oxygen atoms in total. The first-order valence-corrected chi connectivity index (χ1v) is 4.44. The fraction of sp³-hybridized carbons (Fsp3) is 0. The number of nitrogen functional groups attached to an aromatic ring is 1. The molecule has 1 aromatic heterocycles. The molecule has 0 saturated carbocycles. The van der Waals surface area contributed by atoms with Crippen LogP contribution in [0.4, 0.5) is 14.7 Å². The second kappa shape index (κ2) is 3.85. The van der Waals surface area contributed by atoms with Gasteiger partial charge in [-0.3, -0.25) is 0 Å². The molecular formula is C10H6F2N2O3. The summed E-state index contributed by atoms with van der Waals surface area (Å²) in [5, 5.41) is 12.0. The van der Waals surface area contributed by atoms with Gasteiger partial charge in [0.25, 0.3) is 0 Å². The van der Waals surface area contributed by atoms with Crippen LogP contribution in [0.5, 0.6) is 0 Å². The number of carboxylic acid groups (broad SMARTS) is 1. The number of nitrogens with zero attached hydrogens (tertiary/aromatic N) is 1. The number of benzene rings is 1. The summed E-state index contributed by atoms with van der Waals surface area (Å²) in [4.78, 5) is 10.6. The van der Waals surface area contributed by atoms with Crippen LogP contribution in [0, 0.1) is 11.6 Å². The number of carboxylic acids is 1. The molecule has 0 amide bonds. The van der Waals surface area contributed by atoms with E-state index >= 15 is 0 Å². The average molecular weight is 240 g/mol. The smallest absolute Gasteiger partial charge is 0.338 e. The fourth-order valence-electron chi connectivity index (χ4n) is 1.33. The molecule has 0 aliphatic heterocycles. The van der Waals surface area contributed by atoms with Crippen LogP contribution < -0.4 is 5.73 Å². The van der Waals surface area contributed by atoms with Crippen molar-refractivity contribution in [2.45, 2.75) is 0 Å². The third kappa shape index (κ3) is 1.82. The second-order valence-corrected chi connectivity index (χ2v) is 3.21. The van der Waals surface area contributed by atoms with E-state index in [0.29, 0.717) is 0 Å². The van der Waals surface area contributed by atoms with Crippen molar-refractivity contribution in [3.8, 4) is 11.3 Å². The van der Waals surface area contributed by atoms with Crippen LogP contribution in [0.2, 0.25) is 0 Å². The highest BCUT2D eigenvalue weighted by molar-refractivity contribution is 5.88. The number of aromatic carboxylic acids is 1. The number of anilines is 1. The minimum absolute atomic E-state index is 0.00385. The van der Waals surface area contributed by atoms with Crippen molar-refractivity contribution in [3.05, 3.63) is 35.4 Å². The van der Waals surface area contributed by atoms with E-state index in [1.807, 2.05) is 0 Å². The van der Waals surface area contributed by atoms with Gasteiger partial charge in [-0.15, -0.1) is 0 Å². The molecule has 7 heteroatoms. The van der Waals surface area contributed by atoms with Crippen LogP contribution >= 0.6 is 0 Å². The lowest BCUT2D eigenvalue weighted by Crippen LogP contribution is -2.03. The van der Waals surface area contributed by atoms with Gasteiger partial charge in [0, 0.05) is 11.6 Å². The summed E-state index contributed by atoms with van der Waals surface area (Å²) in [7, 11) is 0. The highest BCUT2D eigenvalue weighted by atomic mass is 19.2. The molecule has 0 aliphatic rings. The summed E-state index contributed by atoms with van der Waals surface area (Å²) in [6, 6.07) is 3.25. The minimum atomic E-state index is -1.55. The first-order valence-electron chi connectivity index (χ1n) is 4.44. The Morgan fingerprint density at radius 1 is 1.35 bits per heavy atom. The largest absolute Gasteiger partial charge is 0.478 e. The molecule has 2 rings (SSSR count). The molecule has 0 saturated heterocycles. The Hall–Kier alpha value is -2.44. The summed E-state index contributed by atoms with van der Waals surface area (Å²) >= 11 is 0. The van der Waals surface area contributed by atoms with Crippen LogP contribution in [0.1, 0.15) is 10.4 Å². The monoisotopic (exact) mass is 240 g/mol. The first kappa shape index (κ1) is 11.1. The molecule has 0 radical (unpaired) electrons. The molecule has 0 bridgehead atoms. The lowest BCUT2D eigenvalue weighted by atomic mass is 10.1. The van der Waals surface area contributed by atoms with Gasteiger partial charge in [-0.05, 0) is 12.1 Å². The van der Waals surface area contributed by atoms with Crippen molar-refractivity contribution in [1.82, 2.24) is 5.16 Å². The standard InChI is InChI=1S/C10H6F2N2O3/c11-8-4(6-3-7(13)17-14-6)1-2-5(9(8)12)10(15)16/h1-3H,13H2,(H,15,16). The first-order chi connectivity index (χ1) is 8.00. The summed E-state index contributed by atoms with van der Waals surface area (Å²) in [6.45, 7) is 0. The molecule has 88 valence electrons. The predicted octanol–water partition coefficient (Wildman–Crippen LogP) is 1.90. The number of rotatable bonds is 2. The lowest BCUT2D eigenvalue weighted by Gasteiger charge is -2.02. The number of nitrogens with two attached hydrogens (primary N) is 1. The Morgan fingerprint density at radius 3 is 2.59 bits per heavy atom. The van der Waals surface area contributed by atoms with Crippen LogP contribution in [0.3, 0.4) is 0 Å². The van der Waals surface area contributed by atoms with Gasteiger partial charge < -0.3 is 15.4 Å². The van der Waals surface area contributed by atoms with Crippen molar-refractivity contribution in [1.29, 1.82) is 0 Å². The number of halogens is 2. The normalized spacial score (nSPS) is 10.5. The number of carbonyl (C=O) groups is 1. The molecule has 0 spiro atoms. The van der Waals surface area contributed by atoms with E-state index in [2.05, 4.69) is 9.68 Å². The van der Waals surface area contributed by atoms with Crippen molar-refractivity contribution >= 4 is 11.9 Å². The number of hydrogen-bond donors (Lipinski definition) is 2. The molecule has 0 fully saturated rings. The van der Waals surface area contributed by atoms with Gasteiger partial charge in [-0.2, -0.15) is 0 Å². The van der Waals surface area contributed by atoms with Gasteiger partial charge in [0.15, 0.2) is 11.6 Å². The average Bonchev–Trinajstić information content (AvgIpc) is 2.68. The quantitative estimate of drug-likeness (QED) is 0.836. The van der Waals surface area contributed by atoms with Crippen molar-refractivity contribution in [2.24, 2.45) is 0 Å². The van der Waals surface area contributed by atoms with Crippen molar-refractivity contribution < 1.29 is 23.2 Å². The minimum Gasteiger partial charge on any atom is -0.478 e. The maximum atomic E-state index is 13.6. The summed E-state index contributed by atoms with van der Waals surface area (Å²) < 4.78 is 31.4. The van der Waals surface area contributed by atoms with E-state index in [1.165, 1.54) is 6.07 Å². The van der Waals surface area contributed by atoms with Crippen LogP contribution in [0.15, 0.2) is 22.7 Å². The Kier molecular flexibility index (Phi) is 2.51.